The highest BCUT2D eigenvalue weighted by molar-refractivity contribution is 7.17. The molecule has 2 heterocycles. The number of aromatic amines is 1. The Morgan fingerprint density at radius 2 is 2.03 bits per heavy atom. The van der Waals surface area contributed by atoms with Gasteiger partial charge in [0.1, 0.15) is 5.82 Å². The molecular formula is C23H26F2N3OP. The van der Waals surface area contributed by atoms with Gasteiger partial charge in [0.15, 0.2) is 5.65 Å². The maximum Gasteiger partial charge on any atom is 0.283 e. The summed E-state index contributed by atoms with van der Waals surface area (Å²) in [5.74, 6) is 0.662. The number of hydrogen-bond donors (Lipinski definition) is 1. The van der Waals surface area contributed by atoms with Crippen LogP contribution in [0.5, 0.6) is 0 Å². The van der Waals surface area contributed by atoms with Crippen molar-refractivity contribution >= 4 is 26.5 Å². The van der Waals surface area contributed by atoms with Gasteiger partial charge in [-0.15, -0.1) is 0 Å². The zero-order chi connectivity index (χ0) is 22.0. The van der Waals surface area contributed by atoms with Crippen molar-refractivity contribution in [3.05, 3.63) is 78.8 Å². The van der Waals surface area contributed by atoms with Gasteiger partial charge in [0.05, 0.1) is 12.1 Å². The van der Waals surface area contributed by atoms with Gasteiger partial charge in [-0.1, -0.05) is 65.2 Å². The van der Waals surface area contributed by atoms with Crippen molar-refractivity contribution in [2.45, 2.75) is 19.0 Å². The Labute approximate surface area is 178 Å². The number of ether oxygens (including phenoxy) is 1. The SMILES string of the molecule is C=C/C=C/c1nc2ncc(-c3cccc(C(F)(F)P)c3)cc2[nH]1.CC/C=C\COC. The van der Waals surface area contributed by atoms with Crippen LogP contribution in [0, 0.1) is 0 Å². The second-order valence-electron chi connectivity index (χ2n) is 6.35. The Bertz CT molecular complexity index is 1020. The lowest BCUT2D eigenvalue weighted by Crippen LogP contribution is -2.01. The monoisotopic (exact) mass is 429 g/mol. The van der Waals surface area contributed by atoms with E-state index in [0.717, 1.165) is 24.1 Å². The summed E-state index contributed by atoms with van der Waals surface area (Å²) in [6, 6.07) is 8.10. The normalized spacial score (nSPS) is 11.8. The van der Waals surface area contributed by atoms with E-state index < -0.39 is 5.66 Å². The van der Waals surface area contributed by atoms with Gasteiger partial charge in [0, 0.05) is 24.4 Å². The molecule has 1 unspecified atom stereocenters. The minimum atomic E-state index is -2.95. The molecule has 3 rings (SSSR count). The molecule has 1 atom stereocenters. The average Bonchev–Trinajstić information content (AvgIpc) is 3.14. The molecule has 0 aliphatic heterocycles. The number of rotatable bonds is 7. The largest absolute Gasteiger partial charge is 0.381 e. The number of H-pyrrole nitrogens is 1. The van der Waals surface area contributed by atoms with Gasteiger partial charge in [-0.2, -0.15) is 8.78 Å². The molecule has 1 N–H and O–H groups in total. The third-order valence-electron chi connectivity index (χ3n) is 3.99. The molecule has 2 aromatic heterocycles. The molecule has 0 aliphatic carbocycles. The summed E-state index contributed by atoms with van der Waals surface area (Å²) in [4.78, 5) is 11.7. The molecule has 0 bridgehead atoms. The second kappa shape index (κ2) is 11.5. The van der Waals surface area contributed by atoms with Crippen molar-refractivity contribution in [1.29, 1.82) is 0 Å². The Balaban J connectivity index is 0.000000396. The number of nitrogens with zero attached hydrogens (tertiary/aromatic N) is 2. The van der Waals surface area contributed by atoms with E-state index in [0.29, 0.717) is 17.0 Å². The standard InChI is InChI=1S/C17H14F2N3P.C6H12O/c1-2-3-7-15-21-14-9-12(10-20-16(14)22-15)11-5-4-6-13(8-11)17(18,19)23;1-3-4-5-6-7-2/h2-10H,1,23H2,(H,20,21,22);4-5H,3,6H2,1-2H3/b7-3+;5-4-. The lowest BCUT2D eigenvalue weighted by molar-refractivity contribution is 0.104. The molecule has 3 aromatic rings. The molecule has 0 saturated carbocycles. The molecule has 4 nitrogen and oxygen atoms in total. The predicted molar refractivity (Wildman–Crippen MR) is 123 cm³/mol. The maximum atomic E-state index is 13.4. The van der Waals surface area contributed by atoms with Crippen LogP contribution in [0.3, 0.4) is 0 Å². The third-order valence-corrected chi connectivity index (χ3v) is 4.33. The van der Waals surface area contributed by atoms with Crippen LogP contribution in [0.4, 0.5) is 8.78 Å². The van der Waals surface area contributed by atoms with Gasteiger partial charge >= 0.3 is 0 Å². The fourth-order valence-corrected chi connectivity index (χ4v) is 2.73. The molecular weight excluding hydrogens is 403 g/mol. The van der Waals surface area contributed by atoms with Crippen LogP contribution in [0.15, 0.2) is 67.4 Å². The summed E-state index contributed by atoms with van der Waals surface area (Å²) >= 11 is 0. The molecule has 0 amide bonds. The van der Waals surface area contributed by atoms with Crippen LogP contribution < -0.4 is 0 Å². The number of hydrogen-bond acceptors (Lipinski definition) is 3. The highest BCUT2D eigenvalue weighted by atomic mass is 31.0. The van der Waals surface area contributed by atoms with Crippen molar-refractivity contribution in [3.8, 4) is 11.1 Å². The number of imidazole rings is 1. The first-order valence-electron chi connectivity index (χ1n) is 9.45. The average molecular weight is 429 g/mol. The van der Waals surface area contributed by atoms with Crippen LogP contribution in [0.2, 0.25) is 0 Å². The van der Waals surface area contributed by atoms with Crippen molar-refractivity contribution < 1.29 is 13.5 Å². The Kier molecular flexibility index (Phi) is 9.03. The topological polar surface area (TPSA) is 50.8 Å². The smallest absolute Gasteiger partial charge is 0.283 e. The Hall–Kier alpha value is -2.69. The van der Waals surface area contributed by atoms with E-state index in [1.165, 1.54) is 12.1 Å². The van der Waals surface area contributed by atoms with Crippen LogP contribution in [0.25, 0.3) is 28.4 Å². The minimum absolute atomic E-state index is 0.0562. The molecule has 0 radical (unpaired) electrons. The summed E-state index contributed by atoms with van der Waals surface area (Å²) in [6.45, 7) is 6.45. The zero-order valence-corrected chi connectivity index (χ0v) is 18.3. The van der Waals surface area contributed by atoms with Gasteiger partial charge < -0.3 is 9.72 Å². The zero-order valence-electron chi connectivity index (χ0n) is 17.1. The Morgan fingerprint density at radius 1 is 1.23 bits per heavy atom. The lowest BCUT2D eigenvalue weighted by atomic mass is 10.0. The summed E-state index contributed by atoms with van der Waals surface area (Å²) < 4.78 is 31.6. The van der Waals surface area contributed by atoms with Gasteiger partial charge in [-0.05, 0) is 30.2 Å². The molecule has 0 spiro atoms. The molecule has 1 aromatic carbocycles. The first kappa shape index (κ1) is 23.6. The van der Waals surface area contributed by atoms with Crippen LogP contribution in [-0.2, 0) is 10.4 Å². The van der Waals surface area contributed by atoms with Crippen molar-refractivity contribution in [2.75, 3.05) is 13.7 Å². The summed E-state index contributed by atoms with van der Waals surface area (Å²) in [7, 11) is 3.25. The number of aromatic nitrogens is 3. The number of allylic oxidation sites excluding steroid dienone is 3. The van der Waals surface area contributed by atoms with E-state index in [1.807, 2.05) is 12.1 Å². The van der Waals surface area contributed by atoms with Crippen molar-refractivity contribution in [3.63, 3.8) is 0 Å². The maximum absolute atomic E-state index is 13.4. The van der Waals surface area contributed by atoms with Crippen molar-refractivity contribution in [1.82, 2.24) is 15.0 Å². The van der Waals surface area contributed by atoms with Gasteiger partial charge in [0.2, 0.25) is 0 Å². The molecule has 0 saturated heterocycles. The van der Waals surface area contributed by atoms with E-state index in [9.17, 15) is 8.78 Å². The van der Waals surface area contributed by atoms with E-state index in [1.54, 1.807) is 52.9 Å². The van der Waals surface area contributed by atoms with Gasteiger partial charge in [-0.3, -0.25) is 0 Å². The summed E-state index contributed by atoms with van der Waals surface area (Å²) in [6.07, 6.45) is 12.0. The number of benzene rings is 1. The molecule has 30 heavy (non-hydrogen) atoms. The minimum Gasteiger partial charge on any atom is -0.381 e. The first-order valence-corrected chi connectivity index (χ1v) is 10.0. The molecule has 0 aliphatic rings. The highest BCUT2D eigenvalue weighted by Gasteiger charge is 2.24. The molecule has 0 fully saturated rings. The van der Waals surface area contributed by atoms with Crippen LogP contribution in [-0.4, -0.2) is 28.7 Å². The number of fused-ring (bicyclic) bond motifs is 1. The summed E-state index contributed by atoms with van der Waals surface area (Å²) in [5.41, 5.74) is -0.267. The second-order valence-corrected chi connectivity index (χ2v) is 7.08. The third kappa shape index (κ3) is 6.97. The van der Waals surface area contributed by atoms with Gasteiger partial charge in [0.25, 0.3) is 5.66 Å². The van der Waals surface area contributed by atoms with E-state index in [2.05, 4.69) is 34.5 Å². The van der Waals surface area contributed by atoms with E-state index >= 15 is 0 Å². The Morgan fingerprint density at radius 3 is 2.70 bits per heavy atom. The number of nitrogens with one attached hydrogen (secondary N) is 1. The predicted octanol–water partition coefficient (Wildman–Crippen LogP) is 6.35. The molecule has 158 valence electrons. The number of halogens is 2. The number of pyridine rings is 1. The van der Waals surface area contributed by atoms with E-state index in [-0.39, 0.29) is 5.56 Å². The van der Waals surface area contributed by atoms with Gasteiger partial charge in [-0.25, -0.2) is 9.97 Å². The fraction of sp³-hybridized carbons (Fsp3) is 0.217. The van der Waals surface area contributed by atoms with Crippen LogP contribution >= 0.6 is 9.24 Å². The first-order chi connectivity index (χ1) is 14.4. The quantitative estimate of drug-likeness (QED) is 0.271. The number of alkyl halides is 2. The van der Waals surface area contributed by atoms with E-state index in [4.69, 9.17) is 4.74 Å². The lowest BCUT2D eigenvalue weighted by Gasteiger charge is -2.11. The molecule has 7 heteroatoms. The highest BCUT2D eigenvalue weighted by Crippen LogP contribution is 2.36. The fourth-order valence-electron chi connectivity index (χ4n) is 2.55. The number of methoxy groups -OCH3 is 1. The van der Waals surface area contributed by atoms with Crippen molar-refractivity contribution in [2.24, 2.45) is 0 Å². The summed E-state index contributed by atoms with van der Waals surface area (Å²) in [5, 5.41) is 0. The van der Waals surface area contributed by atoms with Crippen LogP contribution in [0.1, 0.15) is 24.7 Å².